The van der Waals surface area contributed by atoms with Crippen molar-refractivity contribution in [3.8, 4) is 11.3 Å². The van der Waals surface area contributed by atoms with Crippen molar-refractivity contribution < 1.29 is 22.7 Å². The fraction of sp³-hybridized carbons (Fsp3) is 0.267. The minimum absolute atomic E-state index is 0.0213. The monoisotopic (exact) mass is 375 g/mol. The normalized spacial score (nSPS) is 11.6. The van der Waals surface area contributed by atoms with Crippen molar-refractivity contribution in [2.45, 2.75) is 26.4 Å². The van der Waals surface area contributed by atoms with Crippen LogP contribution in [0.1, 0.15) is 20.8 Å². The quantitative estimate of drug-likeness (QED) is 0.647. The number of carbonyl (C=O) groups is 1. The van der Waals surface area contributed by atoms with E-state index < -0.39 is 29.1 Å². The molecular formula is C15H13BrF3NO2. The van der Waals surface area contributed by atoms with E-state index in [9.17, 15) is 18.0 Å². The molecule has 2 aromatic rings. The highest BCUT2D eigenvalue weighted by Crippen LogP contribution is 2.28. The Kier molecular flexibility index (Phi) is 4.37. The Hall–Kier alpha value is -1.76. The van der Waals surface area contributed by atoms with Crippen LogP contribution in [0.2, 0.25) is 0 Å². The topological polar surface area (TPSA) is 31.2 Å². The van der Waals surface area contributed by atoms with E-state index in [0.29, 0.717) is 4.47 Å². The molecule has 1 aromatic heterocycles. The molecule has 1 aromatic carbocycles. The van der Waals surface area contributed by atoms with Crippen LogP contribution in [0, 0.1) is 17.5 Å². The number of rotatable bonds is 1. The molecule has 0 unspecified atom stereocenters. The predicted molar refractivity (Wildman–Crippen MR) is 79.1 cm³/mol. The van der Waals surface area contributed by atoms with Gasteiger partial charge in [0.1, 0.15) is 5.60 Å². The van der Waals surface area contributed by atoms with E-state index in [2.05, 4.69) is 15.9 Å². The zero-order valence-corrected chi connectivity index (χ0v) is 13.7. The van der Waals surface area contributed by atoms with Crippen molar-refractivity contribution in [2.24, 2.45) is 0 Å². The highest BCUT2D eigenvalue weighted by Gasteiger charge is 2.22. The molecule has 3 nitrogen and oxygen atoms in total. The zero-order chi connectivity index (χ0) is 16.7. The maximum Gasteiger partial charge on any atom is 0.419 e. The summed E-state index contributed by atoms with van der Waals surface area (Å²) in [6, 6.07) is 3.12. The minimum atomic E-state index is -1.56. The molecule has 0 saturated carbocycles. The van der Waals surface area contributed by atoms with E-state index in [4.69, 9.17) is 4.74 Å². The molecule has 7 heteroatoms. The molecule has 0 bridgehead atoms. The van der Waals surface area contributed by atoms with Gasteiger partial charge < -0.3 is 4.74 Å². The van der Waals surface area contributed by atoms with Gasteiger partial charge in [0.15, 0.2) is 17.5 Å². The highest BCUT2D eigenvalue weighted by molar-refractivity contribution is 9.10. The number of benzene rings is 1. The smallest absolute Gasteiger partial charge is 0.419 e. The third-order valence-electron chi connectivity index (χ3n) is 2.66. The first kappa shape index (κ1) is 16.6. The Bertz CT molecular complexity index is 712. The number of hydrogen-bond acceptors (Lipinski definition) is 2. The van der Waals surface area contributed by atoms with Gasteiger partial charge in [0, 0.05) is 16.2 Å². The third kappa shape index (κ3) is 3.52. The number of nitrogens with zero attached hydrogens (tertiary/aromatic N) is 1. The molecular weight excluding hydrogens is 363 g/mol. The first-order valence-electron chi connectivity index (χ1n) is 6.34. The van der Waals surface area contributed by atoms with Crippen molar-refractivity contribution in [3.63, 3.8) is 0 Å². The van der Waals surface area contributed by atoms with Crippen LogP contribution in [-0.4, -0.2) is 16.3 Å². The number of halogens is 4. The van der Waals surface area contributed by atoms with Crippen LogP contribution in [-0.2, 0) is 4.74 Å². The van der Waals surface area contributed by atoms with Crippen LogP contribution in [0.25, 0.3) is 11.3 Å². The van der Waals surface area contributed by atoms with E-state index >= 15 is 0 Å². The van der Waals surface area contributed by atoms with Gasteiger partial charge in [0.2, 0.25) is 0 Å². The van der Waals surface area contributed by atoms with Gasteiger partial charge in [-0.2, -0.15) is 0 Å². The molecule has 0 saturated heterocycles. The van der Waals surface area contributed by atoms with Crippen molar-refractivity contribution in [3.05, 3.63) is 46.3 Å². The Morgan fingerprint density at radius 3 is 2.18 bits per heavy atom. The van der Waals surface area contributed by atoms with Crippen LogP contribution in [0.5, 0.6) is 0 Å². The average Bonchev–Trinajstić information content (AvgIpc) is 2.75. The summed E-state index contributed by atoms with van der Waals surface area (Å²) in [5, 5.41) is 0. The maximum atomic E-state index is 13.4. The SMILES string of the molecule is CC(C)(C)OC(=O)n1cc(Br)cc1-c1cc(F)c(F)c(F)c1. The van der Waals surface area contributed by atoms with Gasteiger partial charge in [-0.1, -0.05) is 0 Å². The summed E-state index contributed by atoms with van der Waals surface area (Å²) in [5.41, 5.74) is -0.531. The molecule has 0 fully saturated rings. The van der Waals surface area contributed by atoms with Crippen LogP contribution in [0.4, 0.5) is 18.0 Å². The Morgan fingerprint density at radius 2 is 1.68 bits per heavy atom. The molecule has 0 aliphatic carbocycles. The van der Waals surface area contributed by atoms with Gasteiger partial charge in [-0.25, -0.2) is 18.0 Å². The molecule has 0 N–H and O–H groups in total. The standard InChI is InChI=1S/C15H13BrF3NO2/c1-15(2,3)22-14(21)20-7-9(16)6-12(20)8-4-10(17)13(19)11(18)5-8/h4-7H,1-3H3. The second kappa shape index (κ2) is 5.79. The Labute approximate surface area is 133 Å². The molecule has 22 heavy (non-hydrogen) atoms. The second-order valence-corrected chi connectivity index (χ2v) is 6.56. The van der Waals surface area contributed by atoms with Gasteiger partial charge in [0.05, 0.1) is 5.69 Å². The summed E-state index contributed by atoms with van der Waals surface area (Å²) in [6.07, 6.45) is 0.695. The van der Waals surface area contributed by atoms with Crippen molar-refractivity contribution in [1.29, 1.82) is 0 Å². The van der Waals surface area contributed by atoms with Crippen molar-refractivity contribution >= 4 is 22.0 Å². The van der Waals surface area contributed by atoms with Gasteiger partial charge in [0.25, 0.3) is 0 Å². The van der Waals surface area contributed by atoms with Crippen LogP contribution in [0.3, 0.4) is 0 Å². The summed E-state index contributed by atoms with van der Waals surface area (Å²) in [7, 11) is 0. The lowest BCUT2D eigenvalue weighted by atomic mass is 10.1. The van der Waals surface area contributed by atoms with Gasteiger partial charge in [-0.3, -0.25) is 4.57 Å². The van der Waals surface area contributed by atoms with Crippen molar-refractivity contribution in [2.75, 3.05) is 0 Å². The van der Waals surface area contributed by atoms with E-state index in [1.54, 1.807) is 20.8 Å². The molecule has 2 rings (SSSR count). The summed E-state index contributed by atoms with van der Waals surface area (Å²) >= 11 is 3.19. The summed E-state index contributed by atoms with van der Waals surface area (Å²) in [6.45, 7) is 5.08. The minimum Gasteiger partial charge on any atom is -0.443 e. The lowest BCUT2D eigenvalue weighted by molar-refractivity contribution is 0.0540. The molecule has 0 amide bonds. The maximum absolute atomic E-state index is 13.4. The molecule has 0 atom stereocenters. The zero-order valence-electron chi connectivity index (χ0n) is 12.1. The fourth-order valence-corrected chi connectivity index (χ4v) is 2.24. The first-order valence-corrected chi connectivity index (χ1v) is 7.14. The van der Waals surface area contributed by atoms with Crippen LogP contribution in [0.15, 0.2) is 28.9 Å². The summed E-state index contributed by atoms with van der Waals surface area (Å²) in [4.78, 5) is 12.2. The predicted octanol–water partition coefficient (Wildman–Crippen LogP) is 5.12. The van der Waals surface area contributed by atoms with Gasteiger partial charge in [-0.05, 0) is 54.9 Å². The number of aromatic nitrogens is 1. The molecule has 0 spiro atoms. The lowest BCUT2D eigenvalue weighted by Gasteiger charge is -2.20. The van der Waals surface area contributed by atoms with E-state index in [1.165, 1.54) is 12.3 Å². The van der Waals surface area contributed by atoms with Crippen LogP contribution >= 0.6 is 15.9 Å². The van der Waals surface area contributed by atoms with Gasteiger partial charge in [-0.15, -0.1) is 0 Å². The average molecular weight is 376 g/mol. The molecule has 0 aliphatic heterocycles. The molecule has 118 valence electrons. The second-order valence-electron chi connectivity index (χ2n) is 5.65. The third-order valence-corrected chi connectivity index (χ3v) is 3.09. The first-order chi connectivity index (χ1) is 10.1. The Morgan fingerprint density at radius 1 is 1.14 bits per heavy atom. The number of ether oxygens (including phenoxy) is 1. The Balaban J connectivity index is 2.51. The molecule has 0 aliphatic rings. The van der Waals surface area contributed by atoms with E-state index in [0.717, 1.165) is 16.7 Å². The van der Waals surface area contributed by atoms with E-state index in [-0.39, 0.29) is 11.3 Å². The van der Waals surface area contributed by atoms with Crippen molar-refractivity contribution in [1.82, 2.24) is 4.57 Å². The summed E-state index contributed by atoms with van der Waals surface area (Å²) < 4.78 is 46.7. The largest absolute Gasteiger partial charge is 0.443 e. The number of hydrogen-bond donors (Lipinski definition) is 0. The lowest BCUT2D eigenvalue weighted by Crippen LogP contribution is -2.27. The van der Waals surface area contributed by atoms with Crippen LogP contribution < -0.4 is 0 Å². The fourth-order valence-electron chi connectivity index (χ4n) is 1.82. The number of carbonyl (C=O) groups excluding carboxylic acids is 1. The van der Waals surface area contributed by atoms with Gasteiger partial charge >= 0.3 is 6.09 Å². The molecule has 1 heterocycles. The summed E-state index contributed by atoms with van der Waals surface area (Å²) in [5.74, 6) is -4.22. The van der Waals surface area contributed by atoms with E-state index in [1.807, 2.05) is 0 Å². The highest BCUT2D eigenvalue weighted by atomic mass is 79.9. The molecule has 0 radical (unpaired) electrons.